The van der Waals surface area contributed by atoms with Crippen molar-refractivity contribution >= 4 is 0 Å². The number of rotatable bonds is 3. The number of hydrogen-bond donors (Lipinski definition) is 0. The summed E-state index contributed by atoms with van der Waals surface area (Å²) in [6.45, 7) is 12.3. The van der Waals surface area contributed by atoms with Crippen LogP contribution in [0.25, 0.3) is 0 Å². The van der Waals surface area contributed by atoms with Crippen LogP contribution in [0.15, 0.2) is 0 Å². The van der Waals surface area contributed by atoms with E-state index in [0.29, 0.717) is 12.1 Å². The highest BCUT2D eigenvalue weighted by Gasteiger charge is 2.24. The first kappa shape index (κ1) is 11.0. The van der Waals surface area contributed by atoms with Crippen LogP contribution in [0, 0.1) is 5.92 Å². The van der Waals surface area contributed by atoms with Crippen molar-refractivity contribution in [1.82, 2.24) is 4.90 Å². The maximum absolute atomic E-state index is 5.65. The maximum Gasteiger partial charge on any atom is 0.0700 e. The lowest BCUT2D eigenvalue weighted by molar-refractivity contribution is -0.0478. The molecule has 0 bridgehead atoms. The fourth-order valence-corrected chi connectivity index (χ4v) is 1.78. The lowest BCUT2D eigenvalue weighted by Gasteiger charge is -2.38. The van der Waals surface area contributed by atoms with Gasteiger partial charge in [-0.05, 0) is 19.3 Å². The van der Waals surface area contributed by atoms with Crippen LogP contribution in [0.2, 0.25) is 0 Å². The molecule has 0 N–H and O–H groups in total. The minimum atomic E-state index is 0.468. The Kier molecular flexibility index (Phi) is 4.20. The van der Waals surface area contributed by atoms with Gasteiger partial charge in [-0.3, -0.25) is 4.90 Å². The highest BCUT2D eigenvalue weighted by Crippen LogP contribution is 2.15. The zero-order chi connectivity index (χ0) is 9.84. The predicted octanol–water partition coefficient (Wildman–Crippen LogP) is 2.14. The molecule has 0 aromatic rings. The lowest BCUT2D eigenvalue weighted by atomic mass is 10.0. The molecule has 0 aromatic heterocycles. The Bertz CT molecular complexity index is 147. The third-order valence-electron chi connectivity index (χ3n) is 3.17. The molecule has 2 nitrogen and oxygen atoms in total. The molecule has 0 aliphatic carbocycles. The van der Waals surface area contributed by atoms with Gasteiger partial charge in [0.15, 0.2) is 0 Å². The summed E-state index contributed by atoms with van der Waals surface area (Å²) >= 11 is 0. The maximum atomic E-state index is 5.65. The van der Waals surface area contributed by atoms with Crippen molar-refractivity contribution in [3.63, 3.8) is 0 Å². The third-order valence-corrected chi connectivity index (χ3v) is 3.17. The summed E-state index contributed by atoms with van der Waals surface area (Å²) in [6, 6.07) is 0.693. The molecule has 78 valence electrons. The smallest absolute Gasteiger partial charge is 0.0700 e. The lowest BCUT2D eigenvalue weighted by Crippen LogP contribution is -2.48. The van der Waals surface area contributed by atoms with Crippen molar-refractivity contribution in [3.8, 4) is 0 Å². The van der Waals surface area contributed by atoms with Gasteiger partial charge in [-0.1, -0.05) is 20.8 Å². The van der Waals surface area contributed by atoms with Crippen LogP contribution in [0.4, 0.5) is 0 Å². The second-order valence-corrected chi connectivity index (χ2v) is 4.38. The number of hydrogen-bond acceptors (Lipinski definition) is 2. The third kappa shape index (κ3) is 2.96. The molecule has 1 fully saturated rings. The standard InChI is InChI=1S/C11H23NO/c1-5-11-8-12(6-7-13-11)10(4)9(2)3/h9-11H,5-8H2,1-4H3. The van der Waals surface area contributed by atoms with E-state index in [1.165, 1.54) is 0 Å². The van der Waals surface area contributed by atoms with Gasteiger partial charge in [0.1, 0.15) is 0 Å². The van der Waals surface area contributed by atoms with E-state index in [1.54, 1.807) is 0 Å². The molecule has 1 aliphatic rings. The first-order valence-corrected chi connectivity index (χ1v) is 5.50. The Balaban J connectivity index is 2.41. The molecule has 2 unspecified atom stereocenters. The largest absolute Gasteiger partial charge is 0.376 e. The Hall–Kier alpha value is -0.0800. The Morgan fingerprint density at radius 3 is 2.62 bits per heavy atom. The second-order valence-electron chi connectivity index (χ2n) is 4.38. The highest BCUT2D eigenvalue weighted by atomic mass is 16.5. The molecule has 2 atom stereocenters. The van der Waals surface area contributed by atoms with Crippen LogP contribution in [-0.4, -0.2) is 36.7 Å². The summed E-state index contributed by atoms with van der Waals surface area (Å²) in [6.07, 6.45) is 1.61. The van der Waals surface area contributed by atoms with E-state index in [9.17, 15) is 0 Å². The molecular formula is C11H23NO. The molecular weight excluding hydrogens is 162 g/mol. The summed E-state index contributed by atoms with van der Waals surface area (Å²) in [5.41, 5.74) is 0. The molecule has 0 amide bonds. The van der Waals surface area contributed by atoms with Crippen molar-refractivity contribution in [1.29, 1.82) is 0 Å². The minimum Gasteiger partial charge on any atom is -0.376 e. The monoisotopic (exact) mass is 185 g/mol. The molecule has 2 heteroatoms. The summed E-state index contributed by atoms with van der Waals surface area (Å²) in [5.74, 6) is 0.746. The van der Waals surface area contributed by atoms with Gasteiger partial charge < -0.3 is 4.74 Å². The number of morpholine rings is 1. The van der Waals surface area contributed by atoms with E-state index >= 15 is 0 Å². The molecule has 1 aliphatic heterocycles. The first-order chi connectivity index (χ1) is 6.15. The molecule has 1 rings (SSSR count). The normalized spacial score (nSPS) is 27.9. The molecule has 1 saturated heterocycles. The van der Waals surface area contributed by atoms with E-state index in [-0.39, 0.29) is 0 Å². The van der Waals surface area contributed by atoms with Crippen molar-refractivity contribution in [2.45, 2.75) is 46.3 Å². The summed E-state index contributed by atoms with van der Waals surface area (Å²) < 4.78 is 5.65. The van der Waals surface area contributed by atoms with Gasteiger partial charge >= 0.3 is 0 Å². The van der Waals surface area contributed by atoms with Gasteiger partial charge in [0, 0.05) is 19.1 Å². The quantitative estimate of drug-likeness (QED) is 0.668. The number of nitrogens with zero attached hydrogens (tertiary/aromatic N) is 1. The highest BCUT2D eigenvalue weighted by molar-refractivity contribution is 4.76. The van der Waals surface area contributed by atoms with E-state index in [0.717, 1.165) is 32.0 Å². The van der Waals surface area contributed by atoms with E-state index in [2.05, 4.69) is 32.6 Å². The molecule has 0 radical (unpaired) electrons. The Morgan fingerprint density at radius 2 is 2.08 bits per heavy atom. The van der Waals surface area contributed by atoms with Crippen molar-refractivity contribution in [2.75, 3.05) is 19.7 Å². The summed E-state index contributed by atoms with van der Waals surface area (Å²) in [5, 5.41) is 0. The van der Waals surface area contributed by atoms with Gasteiger partial charge in [0.05, 0.1) is 12.7 Å². The first-order valence-electron chi connectivity index (χ1n) is 5.50. The summed E-state index contributed by atoms with van der Waals surface area (Å²) in [4.78, 5) is 2.56. The van der Waals surface area contributed by atoms with Gasteiger partial charge in [-0.15, -0.1) is 0 Å². The van der Waals surface area contributed by atoms with Crippen molar-refractivity contribution in [3.05, 3.63) is 0 Å². The predicted molar refractivity (Wildman–Crippen MR) is 55.9 cm³/mol. The van der Waals surface area contributed by atoms with Crippen LogP contribution in [0.1, 0.15) is 34.1 Å². The van der Waals surface area contributed by atoms with Crippen LogP contribution in [0.3, 0.4) is 0 Å². The summed E-state index contributed by atoms with van der Waals surface area (Å²) in [7, 11) is 0. The van der Waals surface area contributed by atoms with E-state index in [4.69, 9.17) is 4.74 Å². The van der Waals surface area contributed by atoms with Gasteiger partial charge in [-0.2, -0.15) is 0 Å². The SMILES string of the molecule is CCC1CN(C(C)C(C)C)CCO1. The average molecular weight is 185 g/mol. The topological polar surface area (TPSA) is 12.5 Å². The molecule has 0 spiro atoms. The van der Waals surface area contributed by atoms with Crippen molar-refractivity contribution in [2.24, 2.45) is 5.92 Å². The van der Waals surface area contributed by atoms with E-state index in [1.807, 2.05) is 0 Å². The second kappa shape index (κ2) is 4.97. The van der Waals surface area contributed by atoms with Crippen LogP contribution >= 0.6 is 0 Å². The molecule has 1 heterocycles. The number of ether oxygens (including phenoxy) is 1. The zero-order valence-electron chi connectivity index (χ0n) is 9.42. The van der Waals surface area contributed by atoms with Crippen LogP contribution < -0.4 is 0 Å². The Labute approximate surface area is 82.3 Å². The molecule has 13 heavy (non-hydrogen) atoms. The Morgan fingerprint density at radius 1 is 1.38 bits per heavy atom. The fourth-order valence-electron chi connectivity index (χ4n) is 1.78. The minimum absolute atomic E-state index is 0.468. The fraction of sp³-hybridized carbons (Fsp3) is 1.00. The van der Waals surface area contributed by atoms with Crippen molar-refractivity contribution < 1.29 is 4.74 Å². The zero-order valence-corrected chi connectivity index (χ0v) is 9.42. The average Bonchev–Trinajstić information content (AvgIpc) is 2.16. The van der Waals surface area contributed by atoms with E-state index < -0.39 is 0 Å². The van der Waals surface area contributed by atoms with Crippen LogP contribution in [0.5, 0.6) is 0 Å². The van der Waals surface area contributed by atoms with Gasteiger partial charge in [-0.25, -0.2) is 0 Å². The molecule has 0 aromatic carbocycles. The molecule has 0 saturated carbocycles. The van der Waals surface area contributed by atoms with Gasteiger partial charge in [0.2, 0.25) is 0 Å². The van der Waals surface area contributed by atoms with Crippen LogP contribution in [-0.2, 0) is 4.74 Å². The van der Waals surface area contributed by atoms with Gasteiger partial charge in [0.25, 0.3) is 0 Å².